The number of nitrogens with zero attached hydrogens (tertiary/aromatic N) is 3. The standard InChI is InChI=1S/C50H37N3O2/c1-50(2,3)36-23-24-43(39(28-36)31-13-5-4-6-14-31)53-44-21-12-20-37(48(44)52-49(53)38-19-9-10-22-45(38)54)34-17-11-18-35(25-34)42-29-47-41(30-51-42)40-26-32-15-7-8-16-33(32)27-46(40)55-47/h4-30,54H,1-3H3. The number of benzene rings is 7. The van der Waals surface area contributed by atoms with Crippen LogP contribution in [0.2, 0.25) is 0 Å². The van der Waals surface area contributed by atoms with Gasteiger partial charge < -0.3 is 9.52 Å². The zero-order valence-electron chi connectivity index (χ0n) is 30.8. The summed E-state index contributed by atoms with van der Waals surface area (Å²) in [7, 11) is 0. The lowest BCUT2D eigenvalue weighted by Gasteiger charge is -2.23. The van der Waals surface area contributed by atoms with E-state index in [1.165, 1.54) is 10.9 Å². The third-order valence-electron chi connectivity index (χ3n) is 10.7. The highest BCUT2D eigenvalue weighted by molar-refractivity contribution is 6.10. The van der Waals surface area contributed by atoms with Crippen LogP contribution in [-0.4, -0.2) is 19.6 Å². The molecule has 0 atom stereocenters. The molecule has 0 aliphatic carbocycles. The summed E-state index contributed by atoms with van der Waals surface area (Å²) in [4.78, 5) is 10.3. The molecular formula is C50H37N3O2. The first-order valence-corrected chi connectivity index (χ1v) is 18.6. The van der Waals surface area contributed by atoms with Crippen molar-refractivity contribution in [2.45, 2.75) is 26.2 Å². The third kappa shape index (κ3) is 5.55. The Morgan fingerprint density at radius 1 is 0.564 bits per heavy atom. The van der Waals surface area contributed by atoms with Gasteiger partial charge >= 0.3 is 0 Å². The van der Waals surface area contributed by atoms with Crippen LogP contribution in [0.4, 0.5) is 0 Å². The number of hydrogen-bond donors (Lipinski definition) is 1. The van der Waals surface area contributed by atoms with Crippen LogP contribution in [0.15, 0.2) is 168 Å². The van der Waals surface area contributed by atoms with Crippen molar-refractivity contribution >= 4 is 43.7 Å². The molecule has 0 saturated carbocycles. The monoisotopic (exact) mass is 711 g/mol. The number of rotatable bonds is 5. The number of hydrogen-bond acceptors (Lipinski definition) is 4. The summed E-state index contributed by atoms with van der Waals surface area (Å²) in [5, 5.41) is 15.6. The van der Waals surface area contributed by atoms with Crippen LogP contribution in [0.1, 0.15) is 26.3 Å². The van der Waals surface area contributed by atoms with Crippen LogP contribution in [-0.2, 0) is 5.41 Å². The lowest BCUT2D eigenvalue weighted by Crippen LogP contribution is -2.12. The maximum Gasteiger partial charge on any atom is 0.149 e. The van der Waals surface area contributed by atoms with Crippen LogP contribution in [0.25, 0.3) is 94.3 Å². The first-order chi connectivity index (χ1) is 26.8. The molecule has 3 aromatic heterocycles. The van der Waals surface area contributed by atoms with Crippen molar-refractivity contribution in [1.29, 1.82) is 0 Å². The highest BCUT2D eigenvalue weighted by Gasteiger charge is 2.24. The van der Waals surface area contributed by atoms with Gasteiger partial charge in [0, 0.05) is 39.7 Å². The van der Waals surface area contributed by atoms with E-state index >= 15 is 0 Å². The van der Waals surface area contributed by atoms with E-state index in [4.69, 9.17) is 14.4 Å². The van der Waals surface area contributed by atoms with Crippen molar-refractivity contribution in [3.63, 3.8) is 0 Å². The van der Waals surface area contributed by atoms with Crippen molar-refractivity contribution in [3.8, 4) is 56.3 Å². The van der Waals surface area contributed by atoms with E-state index in [9.17, 15) is 5.11 Å². The van der Waals surface area contributed by atoms with Gasteiger partial charge in [-0.15, -0.1) is 0 Å². The fourth-order valence-electron chi connectivity index (χ4n) is 7.83. The van der Waals surface area contributed by atoms with E-state index in [1.54, 1.807) is 6.07 Å². The summed E-state index contributed by atoms with van der Waals surface area (Å²) < 4.78 is 8.60. The molecule has 0 aliphatic heterocycles. The molecule has 55 heavy (non-hydrogen) atoms. The number of pyridine rings is 1. The van der Waals surface area contributed by atoms with Gasteiger partial charge in [0.05, 0.1) is 28.0 Å². The van der Waals surface area contributed by atoms with E-state index in [1.807, 2.05) is 42.6 Å². The quantitative estimate of drug-likeness (QED) is 0.193. The highest BCUT2D eigenvalue weighted by atomic mass is 16.3. The summed E-state index contributed by atoms with van der Waals surface area (Å²) in [6.45, 7) is 6.72. The summed E-state index contributed by atoms with van der Waals surface area (Å²) in [6.07, 6.45) is 1.92. The Morgan fingerprint density at radius 2 is 1.25 bits per heavy atom. The first-order valence-electron chi connectivity index (χ1n) is 18.6. The Morgan fingerprint density at radius 3 is 2.07 bits per heavy atom. The second kappa shape index (κ2) is 12.6. The smallest absolute Gasteiger partial charge is 0.149 e. The average molecular weight is 712 g/mol. The van der Waals surface area contributed by atoms with Gasteiger partial charge in [-0.25, -0.2) is 4.98 Å². The molecule has 5 nitrogen and oxygen atoms in total. The molecule has 7 aromatic carbocycles. The number of phenolic OH excluding ortho intramolecular Hbond substituents is 1. The molecule has 0 unspecified atom stereocenters. The molecule has 0 amide bonds. The number of imidazole rings is 1. The molecule has 0 fully saturated rings. The molecule has 264 valence electrons. The van der Waals surface area contributed by atoms with Crippen LogP contribution in [0.5, 0.6) is 5.75 Å². The van der Waals surface area contributed by atoms with Crippen molar-refractivity contribution < 1.29 is 9.52 Å². The van der Waals surface area contributed by atoms with Gasteiger partial charge in [-0.2, -0.15) is 0 Å². The van der Waals surface area contributed by atoms with E-state index in [0.717, 1.165) is 77.6 Å². The Bertz CT molecular complexity index is 3090. The number of furan rings is 1. The highest BCUT2D eigenvalue weighted by Crippen LogP contribution is 2.42. The minimum absolute atomic E-state index is 0.0454. The average Bonchev–Trinajstić information content (AvgIpc) is 3.77. The SMILES string of the molecule is CC(C)(C)c1ccc(-n2c(-c3ccccc3O)nc3c(-c4cccc(-c5cc6oc7cc8ccccc8cc7c6cn5)c4)cccc32)c(-c2ccccc2)c1. The summed E-state index contributed by atoms with van der Waals surface area (Å²) >= 11 is 0. The maximum atomic E-state index is 11.2. The van der Waals surface area contributed by atoms with Gasteiger partial charge in [-0.05, 0) is 81.4 Å². The molecule has 1 N–H and O–H groups in total. The fraction of sp³-hybridized carbons (Fsp3) is 0.0800. The summed E-state index contributed by atoms with van der Waals surface area (Å²) in [5.74, 6) is 0.845. The molecule has 0 bridgehead atoms. The van der Waals surface area contributed by atoms with E-state index in [0.29, 0.717) is 11.4 Å². The largest absolute Gasteiger partial charge is 0.507 e. The molecule has 0 saturated heterocycles. The lowest BCUT2D eigenvalue weighted by atomic mass is 9.85. The number of fused-ring (bicyclic) bond motifs is 5. The number of aromatic nitrogens is 3. The van der Waals surface area contributed by atoms with Crippen LogP contribution < -0.4 is 0 Å². The van der Waals surface area contributed by atoms with Crippen molar-refractivity contribution in [2.24, 2.45) is 0 Å². The molecule has 5 heteroatoms. The van der Waals surface area contributed by atoms with Crippen molar-refractivity contribution in [2.75, 3.05) is 0 Å². The molecule has 10 aromatic rings. The van der Waals surface area contributed by atoms with Crippen molar-refractivity contribution in [1.82, 2.24) is 14.5 Å². The molecule has 0 spiro atoms. The Kier molecular flexibility index (Phi) is 7.46. The molecule has 0 radical (unpaired) electrons. The summed E-state index contributed by atoms with van der Waals surface area (Å²) in [6, 6.07) is 54.1. The van der Waals surface area contributed by atoms with Gasteiger partial charge in [-0.3, -0.25) is 9.55 Å². The molecule has 10 rings (SSSR count). The van der Waals surface area contributed by atoms with Crippen LogP contribution in [0.3, 0.4) is 0 Å². The van der Waals surface area contributed by atoms with E-state index < -0.39 is 0 Å². The van der Waals surface area contributed by atoms with Gasteiger partial charge in [0.15, 0.2) is 0 Å². The topological polar surface area (TPSA) is 64.1 Å². The second-order valence-corrected chi connectivity index (χ2v) is 15.3. The molecule has 3 heterocycles. The molecule has 0 aliphatic rings. The van der Waals surface area contributed by atoms with Crippen molar-refractivity contribution in [3.05, 3.63) is 169 Å². The van der Waals surface area contributed by atoms with E-state index in [-0.39, 0.29) is 11.2 Å². The Hall–Kier alpha value is -6.98. The zero-order chi connectivity index (χ0) is 37.3. The maximum absolute atomic E-state index is 11.2. The van der Waals surface area contributed by atoms with Gasteiger partial charge in [-0.1, -0.05) is 124 Å². The Balaban J connectivity index is 1.15. The normalized spacial score (nSPS) is 12.0. The summed E-state index contributed by atoms with van der Waals surface area (Å²) in [5.41, 5.74) is 12.3. The molecular weight excluding hydrogens is 675 g/mol. The number of phenols is 1. The third-order valence-corrected chi connectivity index (χ3v) is 10.7. The lowest BCUT2D eigenvalue weighted by molar-refractivity contribution is 0.477. The minimum Gasteiger partial charge on any atom is -0.507 e. The predicted molar refractivity (Wildman–Crippen MR) is 226 cm³/mol. The number of aromatic hydroxyl groups is 1. The van der Waals surface area contributed by atoms with E-state index in [2.05, 4.69) is 141 Å². The minimum atomic E-state index is -0.0454. The zero-order valence-corrected chi connectivity index (χ0v) is 30.8. The van der Waals surface area contributed by atoms with Gasteiger partial charge in [0.2, 0.25) is 0 Å². The number of para-hydroxylation sites is 2. The van der Waals surface area contributed by atoms with Gasteiger partial charge in [0.1, 0.15) is 22.7 Å². The predicted octanol–water partition coefficient (Wildman–Crippen LogP) is 13.1. The second-order valence-electron chi connectivity index (χ2n) is 15.3. The van der Waals surface area contributed by atoms with Crippen LogP contribution >= 0.6 is 0 Å². The fourth-order valence-corrected chi connectivity index (χ4v) is 7.83. The first kappa shape index (κ1) is 32.7. The van der Waals surface area contributed by atoms with Crippen LogP contribution in [0, 0.1) is 0 Å². The Labute approximate surface area is 318 Å². The van der Waals surface area contributed by atoms with Gasteiger partial charge in [0.25, 0.3) is 0 Å².